The zero-order valence-corrected chi connectivity index (χ0v) is 17.2. The van der Waals surface area contributed by atoms with E-state index in [0.717, 1.165) is 6.42 Å². The van der Waals surface area contributed by atoms with Crippen molar-refractivity contribution in [3.05, 3.63) is 72.8 Å². The number of fused-ring (bicyclic) bond motifs is 1. The van der Waals surface area contributed by atoms with Crippen LogP contribution in [0.2, 0.25) is 13.1 Å². The monoisotopic (exact) mass is 410 g/mol. The second-order valence-corrected chi connectivity index (χ2v) is 13.6. The van der Waals surface area contributed by atoms with Crippen LogP contribution in [0, 0.1) is 12.1 Å². The Balaban J connectivity index is 0. The zero-order chi connectivity index (χ0) is 13.9. The second kappa shape index (κ2) is 14.8. The molecular formula is C17H18Cl2SiZr-2. The minimum absolute atomic E-state index is 0. The predicted molar refractivity (Wildman–Crippen MR) is 81.0 cm³/mol. The molecule has 0 nitrogen and oxygen atoms in total. The van der Waals surface area contributed by atoms with Gasteiger partial charge in [0.2, 0.25) is 0 Å². The first-order valence-electron chi connectivity index (χ1n) is 6.29. The molecular weight excluding hydrogens is 394 g/mol. The Morgan fingerprint density at radius 1 is 1.05 bits per heavy atom. The fraction of sp³-hybridized carbons (Fsp3) is 0.176. The molecule has 0 radical (unpaired) electrons. The van der Waals surface area contributed by atoms with Crippen LogP contribution in [0.15, 0.2) is 60.7 Å². The second-order valence-electron chi connectivity index (χ2n) is 4.26. The van der Waals surface area contributed by atoms with Gasteiger partial charge in [-0.1, -0.05) is 12.1 Å². The summed E-state index contributed by atoms with van der Waals surface area (Å²) >= 11 is 1.74. The molecule has 0 unspecified atom stereocenters. The van der Waals surface area contributed by atoms with Crippen molar-refractivity contribution in [3.8, 4) is 11.1 Å². The van der Waals surface area contributed by atoms with Crippen molar-refractivity contribution in [3.63, 3.8) is 0 Å². The van der Waals surface area contributed by atoms with Gasteiger partial charge in [0.25, 0.3) is 0 Å². The third-order valence-electron chi connectivity index (χ3n) is 2.16. The normalized spacial score (nSPS) is 10.3. The molecule has 110 valence electrons. The molecule has 3 rings (SSSR count). The van der Waals surface area contributed by atoms with Gasteiger partial charge in [0, 0.05) is 0 Å². The van der Waals surface area contributed by atoms with Crippen LogP contribution in [-0.2, 0) is 23.3 Å². The third-order valence-corrected chi connectivity index (χ3v) is 2.16. The van der Waals surface area contributed by atoms with E-state index in [0.29, 0.717) is 0 Å². The SMILES string of the molecule is C[Si](C)=[Zr+2].[C-]1=CC=CC1.[Cl-].[Cl-].[c-]1ccc2cccccc1-2. The Kier molecular flexibility index (Phi) is 16.3. The van der Waals surface area contributed by atoms with Gasteiger partial charge < -0.3 is 24.8 Å². The molecule has 0 N–H and O–H groups in total. The minimum atomic E-state index is 0. The maximum atomic E-state index is 3.14. The van der Waals surface area contributed by atoms with E-state index in [-0.39, 0.29) is 30.2 Å². The van der Waals surface area contributed by atoms with Crippen molar-refractivity contribution >= 4 is 5.43 Å². The van der Waals surface area contributed by atoms with E-state index in [9.17, 15) is 0 Å². The van der Waals surface area contributed by atoms with E-state index < -0.39 is 0 Å². The summed E-state index contributed by atoms with van der Waals surface area (Å²) in [5.74, 6) is 0. The molecule has 0 aromatic heterocycles. The largest absolute Gasteiger partial charge is 1.00 e. The van der Waals surface area contributed by atoms with Gasteiger partial charge >= 0.3 is 41.9 Å². The van der Waals surface area contributed by atoms with E-state index in [2.05, 4.69) is 49.5 Å². The summed E-state index contributed by atoms with van der Waals surface area (Å²) < 4.78 is 0. The van der Waals surface area contributed by atoms with Crippen LogP contribution in [0.3, 0.4) is 0 Å². The van der Waals surface area contributed by atoms with Crippen LogP contribution >= 0.6 is 0 Å². The van der Waals surface area contributed by atoms with E-state index in [4.69, 9.17) is 0 Å². The summed E-state index contributed by atoms with van der Waals surface area (Å²) in [5, 5.41) is 0. The quantitative estimate of drug-likeness (QED) is 0.372. The number of hydrogen-bond donors (Lipinski definition) is 0. The molecule has 0 fully saturated rings. The van der Waals surface area contributed by atoms with Crippen molar-refractivity contribution < 1.29 is 48.1 Å². The fourth-order valence-corrected chi connectivity index (χ4v) is 1.40. The van der Waals surface area contributed by atoms with Crippen molar-refractivity contribution in [1.29, 1.82) is 0 Å². The third kappa shape index (κ3) is 12.1. The summed E-state index contributed by atoms with van der Waals surface area (Å²) in [6.45, 7) is 4.62. The van der Waals surface area contributed by atoms with Gasteiger partial charge in [-0.25, -0.2) is 12.2 Å². The van der Waals surface area contributed by atoms with E-state index in [1.54, 1.807) is 23.3 Å². The zero-order valence-electron chi connectivity index (χ0n) is 12.2. The molecule has 21 heavy (non-hydrogen) atoms. The first kappa shape index (κ1) is 23.1. The Morgan fingerprint density at radius 2 is 1.71 bits per heavy atom. The molecule has 0 aromatic rings. The molecule has 0 atom stereocenters. The fourth-order valence-electron chi connectivity index (χ4n) is 1.40. The van der Waals surface area contributed by atoms with Gasteiger partial charge in [-0.15, -0.1) is 36.2 Å². The van der Waals surface area contributed by atoms with Crippen molar-refractivity contribution in [1.82, 2.24) is 0 Å². The van der Waals surface area contributed by atoms with E-state index >= 15 is 0 Å². The number of halogens is 2. The molecule has 4 heteroatoms. The van der Waals surface area contributed by atoms with Gasteiger partial charge in [-0.05, 0) is 0 Å². The van der Waals surface area contributed by atoms with Crippen molar-refractivity contribution in [2.24, 2.45) is 0 Å². The van der Waals surface area contributed by atoms with Gasteiger partial charge in [-0.2, -0.15) is 23.8 Å². The number of allylic oxidation sites excluding steroid dienone is 4. The van der Waals surface area contributed by atoms with E-state index in [1.165, 1.54) is 11.1 Å². The van der Waals surface area contributed by atoms with Crippen molar-refractivity contribution in [2.45, 2.75) is 19.5 Å². The van der Waals surface area contributed by atoms with Gasteiger partial charge in [0.15, 0.2) is 0 Å². The van der Waals surface area contributed by atoms with Crippen LogP contribution in [0.4, 0.5) is 0 Å². The smallest absolute Gasteiger partial charge is 0.0723 e. The van der Waals surface area contributed by atoms with E-state index in [1.807, 2.05) is 36.4 Å². The summed E-state index contributed by atoms with van der Waals surface area (Å²) in [5.41, 5.74) is 2.65. The van der Waals surface area contributed by atoms with Gasteiger partial charge in [-0.3, -0.25) is 6.08 Å². The molecule has 0 heterocycles. The molecule has 0 spiro atoms. The standard InChI is InChI=1S/C10H7.C5H5.C2H6Si.2ClH.Zr/c1-2-5-9-7-4-8-10(9)6-3-1;1-2-4-5-3-1;1-3-2;;;/h1-7H;1-3H,4H2;1-2H3;2*1H;/q2*-1;;;;+2/p-2. The Hall–Kier alpha value is -0.140. The topological polar surface area (TPSA) is 0 Å². The summed E-state index contributed by atoms with van der Waals surface area (Å²) in [4.78, 5) is 0. The Bertz CT molecular complexity index is 496. The molecule has 0 saturated carbocycles. The first-order chi connectivity index (χ1) is 9.20. The summed E-state index contributed by atoms with van der Waals surface area (Å²) in [6.07, 6.45) is 10.0. The number of hydrogen-bond acceptors (Lipinski definition) is 0. The van der Waals surface area contributed by atoms with Crippen LogP contribution in [0.5, 0.6) is 0 Å². The van der Waals surface area contributed by atoms with Crippen molar-refractivity contribution in [2.75, 3.05) is 0 Å². The summed E-state index contributed by atoms with van der Waals surface area (Å²) in [6, 6.07) is 17.4. The van der Waals surface area contributed by atoms with Gasteiger partial charge in [0.05, 0.1) is 0 Å². The van der Waals surface area contributed by atoms with Crippen LogP contribution in [0.25, 0.3) is 11.1 Å². The maximum Gasteiger partial charge on any atom is -0.0723 e. The average molecular weight is 413 g/mol. The van der Waals surface area contributed by atoms with Crippen LogP contribution < -0.4 is 24.8 Å². The Morgan fingerprint density at radius 3 is 2.24 bits per heavy atom. The summed E-state index contributed by atoms with van der Waals surface area (Å²) in [7, 11) is 0. The molecule has 0 aromatic carbocycles. The predicted octanol–water partition coefficient (Wildman–Crippen LogP) is -1.31. The molecule has 0 amide bonds. The molecule has 3 aliphatic rings. The molecule has 0 aliphatic heterocycles. The molecule has 0 bridgehead atoms. The van der Waals surface area contributed by atoms with Gasteiger partial charge in [0.1, 0.15) is 0 Å². The maximum absolute atomic E-state index is 3.14. The first-order valence-corrected chi connectivity index (χ1v) is 12.5. The molecule has 0 saturated heterocycles. The van der Waals surface area contributed by atoms with Crippen LogP contribution in [-0.4, -0.2) is 5.43 Å². The number of rotatable bonds is 0. The minimum Gasteiger partial charge on any atom is -1.00 e. The van der Waals surface area contributed by atoms with Crippen LogP contribution in [0.1, 0.15) is 6.42 Å². The molecule has 3 aliphatic carbocycles. The average Bonchev–Trinajstić information content (AvgIpc) is 3.01. The Labute approximate surface area is 156 Å².